The third-order valence-electron chi connectivity index (χ3n) is 3.86. The van der Waals surface area contributed by atoms with Crippen LogP contribution in [0.1, 0.15) is 11.1 Å². The molecule has 0 spiro atoms. The van der Waals surface area contributed by atoms with E-state index in [0.29, 0.717) is 12.5 Å². The molecule has 2 N–H and O–H groups in total. The van der Waals surface area contributed by atoms with E-state index in [1.165, 1.54) is 6.07 Å². The number of benzene rings is 2. The molecule has 7 heteroatoms. The molecule has 0 fully saturated rings. The standard InChI is InChI=1S/C19H18F2N4.HI/c1-22-19(25-12-14-10-15(20)6-7-17(14)21)24-11-13-8-9-23-18-5-3-2-4-16(13)18;/h2-10H,11-12H2,1H3,(H2,22,24,25);1H. The largest absolute Gasteiger partial charge is 0.352 e. The van der Waals surface area contributed by atoms with Gasteiger partial charge in [-0.25, -0.2) is 8.78 Å². The molecule has 0 unspecified atom stereocenters. The van der Waals surface area contributed by atoms with E-state index in [1.54, 1.807) is 13.2 Å². The van der Waals surface area contributed by atoms with Crippen LogP contribution in [0.15, 0.2) is 59.7 Å². The summed E-state index contributed by atoms with van der Waals surface area (Å²) >= 11 is 0. The molecule has 1 aromatic heterocycles. The lowest BCUT2D eigenvalue weighted by atomic mass is 10.1. The number of nitrogens with zero attached hydrogens (tertiary/aromatic N) is 2. The van der Waals surface area contributed by atoms with Gasteiger partial charge in [0.25, 0.3) is 0 Å². The summed E-state index contributed by atoms with van der Waals surface area (Å²) in [5.41, 5.74) is 2.24. The summed E-state index contributed by atoms with van der Waals surface area (Å²) in [5, 5.41) is 7.23. The van der Waals surface area contributed by atoms with Crippen LogP contribution in [0, 0.1) is 11.6 Å². The van der Waals surface area contributed by atoms with E-state index in [0.717, 1.165) is 28.6 Å². The summed E-state index contributed by atoms with van der Waals surface area (Å²) in [7, 11) is 1.63. The lowest BCUT2D eigenvalue weighted by Crippen LogP contribution is -2.36. The molecule has 1 heterocycles. The van der Waals surface area contributed by atoms with Crippen molar-refractivity contribution in [3.8, 4) is 0 Å². The van der Waals surface area contributed by atoms with Gasteiger partial charge in [0, 0.05) is 37.3 Å². The van der Waals surface area contributed by atoms with Crippen LogP contribution in [0.3, 0.4) is 0 Å². The maximum absolute atomic E-state index is 13.7. The minimum absolute atomic E-state index is 0. The van der Waals surface area contributed by atoms with E-state index in [9.17, 15) is 8.78 Å². The summed E-state index contributed by atoms with van der Waals surface area (Å²) in [6, 6.07) is 13.2. The highest BCUT2D eigenvalue weighted by Gasteiger charge is 2.06. The summed E-state index contributed by atoms with van der Waals surface area (Å²) in [5.74, 6) is -0.418. The van der Waals surface area contributed by atoms with E-state index in [1.807, 2.05) is 30.3 Å². The van der Waals surface area contributed by atoms with Crippen molar-refractivity contribution in [3.05, 3.63) is 77.5 Å². The number of pyridine rings is 1. The average molecular weight is 468 g/mol. The molecule has 0 amide bonds. The van der Waals surface area contributed by atoms with Gasteiger partial charge in [0.15, 0.2) is 5.96 Å². The van der Waals surface area contributed by atoms with Crippen LogP contribution in [0.4, 0.5) is 8.78 Å². The molecule has 0 radical (unpaired) electrons. The van der Waals surface area contributed by atoms with E-state index >= 15 is 0 Å². The van der Waals surface area contributed by atoms with E-state index < -0.39 is 11.6 Å². The fourth-order valence-electron chi connectivity index (χ4n) is 2.57. The highest BCUT2D eigenvalue weighted by Crippen LogP contribution is 2.15. The summed E-state index contributed by atoms with van der Waals surface area (Å²) < 4.78 is 26.9. The first-order valence-electron chi connectivity index (χ1n) is 7.88. The minimum atomic E-state index is -0.468. The molecule has 0 saturated carbocycles. The zero-order valence-electron chi connectivity index (χ0n) is 14.2. The lowest BCUT2D eigenvalue weighted by Gasteiger charge is -2.13. The number of hydrogen-bond donors (Lipinski definition) is 2. The van der Waals surface area contributed by atoms with Gasteiger partial charge in [-0.05, 0) is 35.9 Å². The smallest absolute Gasteiger partial charge is 0.191 e. The number of rotatable bonds is 4. The first-order chi connectivity index (χ1) is 12.2. The number of guanidine groups is 1. The molecule has 0 aliphatic heterocycles. The van der Waals surface area contributed by atoms with Crippen LogP contribution >= 0.6 is 24.0 Å². The summed E-state index contributed by atoms with van der Waals surface area (Å²) in [6.45, 7) is 0.675. The number of aliphatic imine (C=N–C) groups is 1. The fraction of sp³-hybridized carbons (Fsp3) is 0.158. The Hall–Kier alpha value is -2.29. The van der Waals surface area contributed by atoms with Crippen molar-refractivity contribution in [2.45, 2.75) is 13.1 Å². The Morgan fingerprint density at radius 2 is 1.73 bits per heavy atom. The minimum Gasteiger partial charge on any atom is -0.352 e. The number of aromatic nitrogens is 1. The SMILES string of the molecule is CN=C(NCc1cc(F)ccc1F)NCc1ccnc2ccccc12.I. The van der Waals surface area contributed by atoms with E-state index in [4.69, 9.17) is 0 Å². The summed E-state index contributed by atoms with van der Waals surface area (Å²) in [6.07, 6.45) is 1.76. The van der Waals surface area contributed by atoms with E-state index in [-0.39, 0.29) is 36.1 Å². The van der Waals surface area contributed by atoms with Crippen LogP contribution in [0.5, 0.6) is 0 Å². The Kier molecular flexibility index (Phi) is 7.26. The Balaban J connectivity index is 0.00000243. The van der Waals surface area contributed by atoms with Crippen LogP contribution in [0.25, 0.3) is 10.9 Å². The number of halogens is 3. The Morgan fingerprint density at radius 3 is 2.50 bits per heavy atom. The van der Waals surface area contributed by atoms with Crippen molar-refractivity contribution >= 4 is 40.8 Å². The number of fused-ring (bicyclic) bond motifs is 1. The molecule has 4 nitrogen and oxygen atoms in total. The first-order valence-corrected chi connectivity index (χ1v) is 7.88. The van der Waals surface area contributed by atoms with Crippen molar-refractivity contribution in [2.24, 2.45) is 4.99 Å². The molecule has 3 aromatic rings. The van der Waals surface area contributed by atoms with Gasteiger partial charge >= 0.3 is 0 Å². The van der Waals surface area contributed by atoms with Gasteiger partial charge in [-0.15, -0.1) is 24.0 Å². The van der Waals surface area contributed by atoms with Gasteiger partial charge in [-0.1, -0.05) is 18.2 Å². The molecule has 0 atom stereocenters. The summed E-state index contributed by atoms with van der Waals surface area (Å²) in [4.78, 5) is 8.45. The van der Waals surface area contributed by atoms with Gasteiger partial charge in [0.1, 0.15) is 11.6 Å². The zero-order valence-corrected chi connectivity index (χ0v) is 16.5. The van der Waals surface area contributed by atoms with Gasteiger partial charge in [-0.2, -0.15) is 0 Å². The molecule has 0 aliphatic carbocycles. The highest BCUT2D eigenvalue weighted by atomic mass is 127. The quantitative estimate of drug-likeness (QED) is 0.346. The third-order valence-corrected chi connectivity index (χ3v) is 3.86. The van der Waals surface area contributed by atoms with E-state index in [2.05, 4.69) is 20.6 Å². The Bertz CT molecular complexity index is 910. The normalized spacial score (nSPS) is 11.1. The van der Waals surface area contributed by atoms with Gasteiger partial charge in [-0.3, -0.25) is 9.98 Å². The fourth-order valence-corrected chi connectivity index (χ4v) is 2.57. The predicted octanol–water partition coefficient (Wildman–Crippen LogP) is 4.00. The van der Waals surface area contributed by atoms with Gasteiger partial charge in [0.05, 0.1) is 5.52 Å². The maximum atomic E-state index is 13.7. The van der Waals surface area contributed by atoms with Crippen LogP contribution in [0.2, 0.25) is 0 Å². The molecule has 3 rings (SSSR count). The molecule has 2 aromatic carbocycles. The van der Waals surface area contributed by atoms with Crippen LogP contribution in [-0.4, -0.2) is 18.0 Å². The molecule has 26 heavy (non-hydrogen) atoms. The van der Waals surface area contributed by atoms with Crippen molar-refractivity contribution < 1.29 is 8.78 Å². The predicted molar refractivity (Wildman–Crippen MR) is 111 cm³/mol. The monoisotopic (exact) mass is 468 g/mol. The van der Waals surface area contributed by atoms with Gasteiger partial charge < -0.3 is 10.6 Å². The third kappa shape index (κ3) is 4.87. The number of para-hydroxylation sites is 1. The zero-order chi connectivity index (χ0) is 17.6. The second kappa shape index (κ2) is 9.42. The molecular formula is C19H19F2IN4. The second-order valence-corrected chi connectivity index (χ2v) is 5.50. The first kappa shape index (κ1) is 20.0. The average Bonchev–Trinajstić information content (AvgIpc) is 2.64. The van der Waals surface area contributed by atoms with Crippen molar-refractivity contribution in [1.82, 2.24) is 15.6 Å². The Labute approximate surface area is 167 Å². The maximum Gasteiger partial charge on any atom is 0.191 e. The molecule has 0 saturated heterocycles. The lowest BCUT2D eigenvalue weighted by molar-refractivity contribution is 0.581. The number of hydrogen-bond acceptors (Lipinski definition) is 2. The topological polar surface area (TPSA) is 49.3 Å². The Morgan fingerprint density at radius 1 is 1.00 bits per heavy atom. The molecular weight excluding hydrogens is 449 g/mol. The van der Waals surface area contributed by atoms with Crippen LogP contribution in [-0.2, 0) is 13.1 Å². The van der Waals surface area contributed by atoms with Crippen molar-refractivity contribution in [1.29, 1.82) is 0 Å². The highest BCUT2D eigenvalue weighted by molar-refractivity contribution is 14.0. The molecule has 0 bridgehead atoms. The molecule has 136 valence electrons. The van der Waals surface area contributed by atoms with Gasteiger partial charge in [0.2, 0.25) is 0 Å². The van der Waals surface area contributed by atoms with Crippen molar-refractivity contribution in [2.75, 3.05) is 7.05 Å². The second-order valence-electron chi connectivity index (χ2n) is 5.50. The molecule has 0 aliphatic rings. The van der Waals surface area contributed by atoms with Crippen molar-refractivity contribution in [3.63, 3.8) is 0 Å². The van der Waals surface area contributed by atoms with Crippen LogP contribution < -0.4 is 10.6 Å². The number of nitrogens with one attached hydrogen (secondary N) is 2.